The number of halogens is 1. The number of oxazole rings is 1. The van der Waals surface area contributed by atoms with Gasteiger partial charge in [0.2, 0.25) is 0 Å². The fraction of sp³-hybridized carbons (Fsp3) is 0.467. The van der Waals surface area contributed by atoms with Crippen LogP contribution in [0.15, 0.2) is 21.3 Å². The molecule has 1 saturated carbocycles. The predicted octanol–water partition coefficient (Wildman–Crippen LogP) is 2.90. The van der Waals surface area contributed by atoms with E-state index in [1.54, 1.807) is 12.1 Å². The first-order chi connectivity index (χ1) is 10.5. The van der Waals surface area contributed by atoms with E-state index in [-0.39, 0.29) is 13.0 Å². The molecule has 1 N–H and O–H groups in total. The van der Waals surface area contributed by atoms with Crippen LogP contribution in [-0.2, 0) is 11.3 Å². The van der Waals surface area contributed by atoms with Gasteiger partial charge in [0.05, 0.1) is 23.6 Å². The number of rotatable bonds is 6. The zero-order valence-corrected chi connectivity index (χ0v) is 12.6. The van der Waals surface area contributed by atoms with Gasteiger partial charge in [-0.25, -0.2) is 4.79 Å². The largest absolute Gasteiger partial charge is 0.492 e. The zero-order chi connectivity index (χ0) is 15.7. The van der Waals surface area contributed by atoms with Crippen molar-refractivity contribution in [2.75, 3.05) is 6.61 Å². The molecule has 0 saturated heterocycles. The van der Waals surface area contributed by atoms with Crippen molar-refractivity contribution in [2.45, 2.75) is 32.2 Å². The Kier molecular flexibility index (Phi) is 4.11. The summed E-state index contributed by atoms with van der Waals surface area (Å²) in [5.41, 5.74) is 0.829. The lowest BCUT2D eigenvalue weighted by atomic mass is 9.86. The van der Waals surface area contributed by atoms with Crippen LogP contribution in [0.25, 0.3) is 11.1 Å². The normalized spacial score (nSPS) is 15.0. The highest BCUT2D eigenvalue weighted by Gasteiger charge is 2.19. The van der Waals surface area contributed by atoms with Crippen molar-refractivity contribution >= 4 is 28.7 Å². The second-order valence-corrected chi connectivity index (χ2v) is 5.93. The maximum Gasteiger partial charge on any atom is 0.419 e. The number of aryl methyl sites for hydroxylation is 1. The molecular weight excluding hydrogens is 310 g/mol. The summed E-state index contributed by atoms with van der Waals surface area (Å²) >= 11 is 6.19. The fourth-order valence-electron chi connectivity index (χ4n) is 2.46. The van der Waals surface area contributed by atoms with E-state index in [0.29, 0.717) is 34.4 Å². The summed E-state index contributed by atoms with van der Waals surface area (Å²) < 4.78 is 12.1. The third kappa shape index (κ3) is 2.97. The standard InChI is InChI=1S/C15H16ClNO5/c16-10-6-11-13(7-12(10)21-8-9-2-1-3-9)22-15(20)17(11)5-4-14(18)19/h6-7,9H,1-5,8H2,(H,18,19). The second-order valence-electron chi connectivity index (χ2n) is 5.52. The highest BCUT2D eigenvalue weighted by Crippen LogP contribution is 2.32. The van der Waals surface area contributed by atoms with Gasteiger partial charge < -0.3 is 14.3 Å². The van der Waals surface area contributed by atoms with E-state index < -0.39 is 11.7 Å². The smallest absolute Gasteiger partial charge is 0.419 e. The van der Waals surface area contributed by atoms with Gasteiger partial charge in [-0.1, -0.05) is 18.0 Å². The fourth-order valence-corrected chi connectivity index (χ4v) is 2.67. The summed E-state index contributed by atoms with van der Waals surface area (Å²) in [6.45, 7) is 0.648. The Bertz CT molecular complexity index is 759. The highest BCUT2D eigenvalue weighted by molar-refractivity contribution is 6.32. The van der Waals surface area contributed by atoms with E-state index in [1.807, 2.05) is 0 Å². The third-order valence-electron chi connectivity index (χ3n) is 3.97. The number of carboxylic acid groups (broad SMARTS) is 1. The molecular formula is C15H16ClNO5. The van der Waals surface area contributed by atoms with E-state index in [1.165, 1.54) is 23.8 Å². The van der Waals surface area contributed by atoms with E-state index in [9.17, 15) is 9.59 Å². The summed E-state index contributed by atoms with van der Waals surface area (Å²) in [4.78, 5) is 22.5. The van der Waals surface area contributed by atoms with Crippen LogP contribution in [0.2, 0.25) is 5.02 Å². The van der Waals surface area contributed by atoms with E-state index in [4.69, 9.17) is 25.9 Å². The Hall–Kier alpha value is -1.95. The predicted molar refractivity (Wildman–Crippen MR) is 80.6 cm³/mol. The first-order valence-electron chi connectivity index (χ1n) is 7.22. The van der Waals surface area contributed by atoms with Gasteiger partial charge in [0.1, 0.15) is 5.75 Å². The molecule has 1 fully saturated rings. The van der Waals surface area contributed by atoms with E-state index in [0.717, 1.165) is 0 Å². The van der Waals surface area contributed by atoms with Crippen molar-refractivity contribution in [3.63, 3.8) is 0 Å². The van der Waals surface area contributed by atoms with Crippen LogP contribution in [0.1, 0.15) is 25.7 Å². The minimum Gasteiger partial charge on any atom is -0.492 e. The van der Waals surface area contributed by atoms with Crippen LogP contribution >= 0.6 is 11.6 Å². The Morgan fingerprint density at radius 1 is 1.45 bits per heavy atom. The van der Waals surface area contributed by atoms with Crippen LogP contribution in [0.3, 0.4) is 0 Å². The topological polar surface area (TPSA) is 81.7 Å². The average molecular weight is 326 g/mol. The van der Waals surface area contributed by atoms with Crippen LogP contribution < -0.4 is 10.5 Å². The molecule has 0 atom stereocenters. The number of hydrogen-bond acceptors (Lipinski definition) is 4. The van der Waals surface area contributed by atoms with Crippen LogP contribution in [-0.4, -0.2) is 22.2 Å². The molecule has 22 heavy (non-hydrogen) atoms. The first-order valence-corrected chi connectivity index (χ1v) is 7.60. The van der Waals surface area contributed by atoms with Gasteiger partial charge in [-0.05, 0) is 24.8 Å². The Labute approximate surface area is 131 Å². The van der Waals surface area contributed by atoms with Gasteiger partial charge in [0.15, 0.2) is 5.58 Å². The third-order valence-corrected chi connectivity index (χ3v) is 4.27. The number of carboxylic acids is 1. The monoisotopic (exact) mass is 325 g/mol. The number of benzene rings is 1. The van der Waals surface area contributed by atoms with E-state index >= 15 is 0 Å². The maximum atomic E-state index is 11.8. The van der Waals surface area contributed by atoms with Gasteiger partial charge >= 0.3 is 11.7 Å². The molecule has 0 radical (unpaired) electrons. The molecule has 1 heterocycles. The Morgan fingerprint density at radius 2 is 2.23 bits per heavy atom. The van der Waals surface area contributed by atoms with Gasteiger partial charge in [0.25, 0.3) is 0 Å². The SMILES string of the molecule is O=C(O)CCn1c(=O)oc2cc(OCC3CCC3)c(Cl)cc21. The Morgan fingerprint density at radius 3 is 2.86 bits per heavy atom. The van der Waals surface area contributed by atoms with Crippen molar-refractivity contribution in [2.24, 2.45) is 5.92 Å². The van der Waals surface area contributed by atoms with Crippen molar-refractivity contribution < 1.29 is 19.1 Å². The number of aliphatic carboxylic acids is 1. The molecule has 1 aromatic carbocycles. The number of carbonyl (C=O) groups is 1. The molecule has 0 amide bonds. The molecule has 1 aliphatic carbocycles. The van der Waals surface area contributed by atoms with E-state index in [2.05, 4.69) is 0 Å². The van der Waals surface area contributed by atoms with Crippen LogP contribution in [0.5, 0.6) is 5.75 Å². The number of ether oxygens (including phenoxy) is 1. The number of aromatic nitrogens is 1. The number of fused-ring (bicyclic) bond motifs is 1. The molecule has 7 heteroatoms. The summed E-state index contributed by atoms with van der Waals surface area (Å²) in [7, 11) is 0. The van der Waals surface area contributed by atoms with Crippen molar-refractivity contribution in [1.29, 1.82) is 0 Å². The zero-order valence-electron chi connectivity index (χ0n) is 11.9. The summed E-state index contributed by atoms with van der Waals surface area (Å²) in [5, 5.41) is 9.12. The second kappa shape index (κ2) is 6.04. The van der Waals surface area contributed by atoms with Gasteiger partial charge in [-0.2, -0.15) is 0 Å². The molecule has 2 aromatic rings. The molecule has 0 unspecified atom stereocenters. The molecule has 3 rings (SSSR count). The molecule has 1 aliphatic rings. The first kappa shape index (κ1) is 15.0. The van der Waals surface area contributed by atoms with Gasteiger partial charge in [-0.3, -0.25) is 9.36 Å². The lowest BCUT2D eigenvalue weighted by Crippen LogP contribution is -2.19. The maximum absolute atomic E-state index is 11.8. The summed E-state index contributed by atoms with van der Waals surface area (Å²) in [6.07, 6.45) is 3.41. The Balaban J connectivity index is 1.86. The minimum absolute atomic E-state index is 0.0414. The van der Waals surface area contributed by atoms with Crippen molar-refractivity contribution in [3.05, 3.63) is 27.7 Å². The number of hydrogen-bond donors (Lipinski definition) is 1. The molecule has 118 valence electrons. The molecule has 0 bridgehead atoms. The lowest BCUT2D eigenvalue weighted by molar-refractivity contribution is -0.137. The highest BCUT2D eigenvalue weighted by atomic mass is 35.5. The van der Waals surface area contributed by atoms with Crippen LogP contribution in [0, 0.1) is 5.92 Å². The van der Waals surface area contributed by atoms with Gasteiger partial charge in [0, 0.05) is 12.6 Å². The van der Waals surface area contributed by atoms with Gasteiger partial charge in [-0.15, -0.1) is 0 Å². The average Bonchev–Trinajstić information content (AvgIpc) is 2.69. The van der Waals surface area contributed by atoms with Crippen LogP contribution in [0.4, 0.5) is 0 Å². The van der Waals surface area contributed by atoms with Crippen molar-refractivity contribution in [1.82, 2.24) is 4.57 Å². The summed E-state index contributed by atoms with van der Waals surface area (Å²) in [5.74, 6) is -0.518. The minimum atomic E-state index is -0.979. The molecule has 1 aromatic heterocycles. The molecule has 0 spiro atoms. The summed E-state index contributed by atoms with van der Waals surface area (Å²) in [6, 6.07) is 3.18. The quantitative estimate of drug-likeness (QED) is 0.883. The molecule has 0 aliphatic heterocycles. The van der Waals surface area contributed by atoms with Crippen molar-refractivity contribution in [3.8, 4) is 5.75 Å². The number of nitrogens with zero attached hydrogens (tertiary/aromatic N) is 1. The molecule has 6 nitrogen and oxygen atoms in total. The lowest BCUT2D eigenvalue weighted by Gasteiger charge is -2.25.